The third kappa shape index (κ3) is 5.41. The molecule has 1 N–H and O–H groups in total. The number of carbonyl (C=O) groups excluding carboxylic acids is 1. The van der Waals surface area contributed by atoms with E-state index in [1.807, 2.05) is 42.7 Å². The number of para-hydroxylation sites is 1. The fourth-order valence-electron chi connectivity index (χ4n) is 2.97. The van der Waals surface area contributed by atoms with Gasteiger partial charge in [-0.2, -0.15) is 13.2 Å². The van der Waals surface area contributed by atoms with Crippen LogP contribution in [0.15, 0.2) is 66.1 Å². The Morgan fingerprint density at radius 1 is 1.13 bits per heavy atom. The lowest BCUT2D eigenvalue weighted by atomic mass is 10.1. The molecule has 0 radical (unpaired) electrons. The van der Waals surface area contributed by atoms with Gasteiger partial charge >= 0.3 is 6.18 Å². The number of halogens is 3. The first kappa shape index (κ1) is 22.7. The summed E-state index contributed by atoms with van der Waals surface area (Å²) in [4.78, 5) is 17.3. The van der Waals surface area contributed by atoms with Gasteiger partial charge in [-0.25, -0.2) is 4.98 Å². The number of methoxy groups -OCH3 is 1. The minimum absolute atomic E-state index is 0.149. The van der Waals surface area contributed by atoms with E-state index in [2.05, 4.69) is 10.3 Å². The van der Waals surface area contributed by atoms with E-state index in [1.165, 1.54) is 30.0 Å². The Morgan fingerprint density at radius 2 is 1.81 bits per heavy atom. The third-order valence-corrected chi connectivity index (χ3v) is 6.07. The van der Waals surface area contributed by atoms with Crippen LogP contribution in [0.2, 0.25) is 0 Å². The van der Waals surface area contributed by atoms with E-state index >= 15 is 0 Å². The Bertz CT molecular complexity index is 1030. The van der Waals surface area contributed by atoms with Crippen LogP contribution < -0.4 is 10.1 Å². The van der Waals surface area contributed by atoms with Gasteiger partial charge in [0.05, 0.1) is 23.6 Å². The average molecular weight is 449 g/mol. The first-order valence-electron chi connectivity index (χ1n) is 9.52. The summed E-state index contributed by atoms with van der Waals surface area (Å²) in [6.07, 6.45) is -1.19. The van der Waals surface area contributed by atoms with E-state index in [9.17, 15) is 18.0 Å². The summed E-state index contributed by atoms with van der Waals surface area (Å²) in [5.74, 6) is 0.0471. The van der Waals surface area contributed by atoms with Gasteiger partial charge in [0.2, 0.25) is 5.91 Å². The molecule has 0 aliphatic heterocycles. The number of nitrogens with zero attached hydrogens (tertiary/aromatic N) is 2. The number of imidazole rings is 1. The topological polar surface area (TPSA) is 56.2 Å². The van der Waals surface area contributed by atoms with Gasteiger partial charge in [-0.15, -0.1) is 0 Å². The van der Waals surface area contributed by atoms with Crippen LogP contribution in [0.1, 0.15) is 19.4 Å². The van der Waals surface area contributed by atoms with Crippen LogP contribution in [-0.4, -0.2) is 27.8 Å². The highest BCUT2D eigenvalue weighted by Gasteiger charge is 2.34. The maximum atomic E-state index is 13.3. The van der Waals surface area contributed by atoms with Gasteiger partial charge in [0, 0.05) is 18.1 Å². The number of aromatic nitrogens is 2. The van der Waals surface area contributed by atoms with Crippen molar-refractivity contribution < 1.29 is 22.7 Å². The standard InChI is InChI=1S/C22H22F3N3O2S/c1-14(2)19(20(29)27-18-7-5-4-6-17(18)22(23,24)25)31-21-26-12-13-28(21)15-8-10-16(30-3)11-9-15/h4-14,19H,1-3H3,(H,27,29). The summed E-state index contributed by atoms with van der Waals surface area (Å²) in [5.41, 5.74) is -0.313. The molecular weight excluding hydrogens is 427 g/mol. The lowest BCUT2D eigenvalue weighted by Crippen LogP contribution is -2.30. The molecule has 0 aliphatic rings. The first-order valence-corrected chi connectivity index (χ1v) is 10.4. The maximum Gasteiger partial charge on any atom is 0.418 e. The number of hydrogen-bond donors (Lipinski definition) is 1. The van der Waals surface area contributed by atoms with Gasteiger partial charge in [0.15, 0.2) is 5.16 Å². The molecule has 1 unspecified atom stereocenters. The Balaban J connectivity index is 1.83. The van der Waals surface area contributed by atoms with Crippen molar-refractivity contribution in [1.29, 1.82) is 0 Å². The van der Waals surface area contributed by atoms with Crippen molar-refractivity contribution in [2.24, 2.45) is 5.92 Å². The molecular formula is C22H22F3N3O2S. The van der Waals surface area contributed by atoms with Gasteiger partial charge in [0.1, 0.15) is 5.75 Å². The van der Waals surface area contributed by atoms with Crippen LogP contribution in [0.25, 0.3) is 5.69 Å². The van der Waals surface area contributed by atoms with E-state index in [0.717, 1.165) is 11.8 Å². The van der Waals surface area contributed by atoms with Crippen molar-refractivity contribution >= 4 is 23.4 Å². The number of amides is 1. The highest BCUT2D eigenvalue weighted by atomic mass is 32.2. The highest BCUT2D eigenvalue weighted by molar-refractivity contribution is 8.00. The molecule has 0 fully saturated rings. The number of nitrogens with one attached hydrogen (secondary N) is 1. The molecule has 164 valence electrons. The van der Waals surface area contributed by atoms with Crippen LogP contribution in [0.5, 0.6) is 5.75 Å². The number of rotatable bonds is 7. The zero-order valence-corrected chi connectivity index (χ0v) is 18.0. The Kier molecular flexibility index (Phi) is 6.94. The Labute approximate surface area is 182 Å². The summed E-state index contributed by atoms with van der Waals surface area (Å²) in [6, 6.07) is 12.3. The van der Waals surface area contributed by atoms with Crippen molar-refractivity contribution in [3.63, 3.8) is 0 Å². The van der Waals surface area contributed by atoms with Crippen LogP contribution in [0.3, 0.4) is 0 Å². The molecule has 3 aromatic rings. The molecule has 9 heteroatoms. The number of thioether (sulfide) groups is 1. The molecule has 0 spiro atoms. The van der Waals surface area contributed by atoms with Crippen LogP contribution in [0, 0.1) is 5.92 Å². The summed E-state index contributed by atoms with van der Waals surface area (Å²) >= 11 is 1.20. The quantitative estimate of drug-likeness (QED) is 0.473. The van der Waals surface area contributed by atoms with Gasteiger partial charge in [-0.1, -0.05) is 37.7 Å². The van der Waals surface area contributed by atoms with E-state index in [1.54, 1.807) is 19.5 Å². The number of benzene rings is 2. The van der Waals surface area contributed by atoms with Crippen LogP contribution in [0.4, 0.5) is 18.9 Å². The molecule has 31 heavy (non-hydrogen) atoms. The highest BCUT2D eigenvalue weighted by Crippen LogP contribution is 2.36. The molecule has 0 saturated carbocycles. The fourth-order valence-corrected chi connectivity index (χ4v) is 4.03. The molecule has 1 aromatic heterocycles. The van der Waals surface area contributed by atoms with Gasteiger partial charge in [-0.3, -0.25) is 9.36 Å². The predicted molar refractivity (Wildman–Crippen MR) is 115 cm³/mol. The summed E-state index contributed by atoms with van der Waals surface area (Å²) in [7, 11) is 1.58. The number of carbonyl (C=O) groups is 1. The summed E-state index contributed by atoms with van der Waals surface area (Å²) in [5, 5.41) is 2.36. The predicted octanol–water partition coefficient (Wildman–Crippen LogP) is 5.66. The summed E-state index contributed by atoms with van der Waals surface area (Å²) < 4.78 is 46.8. The number of hydrogen-bond acceptors (Lipinski definition) is 4. The van der Waals surface area contributed by atoms with Crippen molar-refractivity contribution in [2.75, 3.05) is 12.4 Å². The van der Waals surface area contributed by atoms with Crippen molar-refractivity contribution in [1.82, 2.24) is 9.55 Å². The molecule has 2 aromatic carbocycles. The third-order valence-electron chi connectivity index (χ3n) is 4.54. The molecule has 5 nitrogen and oxygen atoms in total. The van der Waals surface area contributed by atoms with Crippen molar-refractivity contribution in [3.8, 4) is 11.4 Å². The smallest absolute Gasteiger partial charge is 0.418 e. The fraction of sp³-hybridized carbons (Fsp3) is 0.273. The van der Waals surface area contributed by atoms with E-state index in [0.29, 0.717) is 10.9 Å². The minimum atomic E-state index is -4.56. The van der Waals surface area contributed by atoms with Crippen molar-refractivity contribution in [3.05, 3.63) is 66.5 Å². The number of anilines is 1. The van der Waals surface area contributed by atoms with Gasteiger partial charge in [0.25, 0.3) is 0 Å². The molecule has 1 atom stereocenters. The number of alkyl halides is 3. The van der Waals surface area contributed by atoms with Crippen LogP contribution in [-0.2, 0) is 11.0 Å². The van der Waals surface area contributed by atoms with E-state index in [-0.39, 0.29) is 11.6 Å². The van der Waals surface area contributed by atoms with Crippen molar-refractivity contribution in [2.45, 2.75) is 30.4 Å². The normalized spacial score (nSPS) is 12.6. The molecule has 0 saturated heterocycles. The minimum Gasteiger partial charge on any atom is -0.497 e. The monoisotopic (exact) mass is 449 g/mol. The zero-order valence-electron chi connectivity index (χ0n) is 17.2. The van der Waals surface area contributed by atoms with Gasteiger partial charge < -0.3 is 10.1 Å². The molecule has 3 rings (SSSR count). The largest absolute Gasteiger partial charge is 0.497 e. The lowest BCUT2D eigenvalue weighted by Gasteiger charge is -2.21. The van der Waals surface area contributed by atoms with Gasteiger partial charge in [-0.05, 0) is 42.3 Å². The lowest BCUT2D eigenvalue weighted by molar-refractivity contribution is -0.137. The second kappa shape index (κ2) is 9.47. The number of ether oxygens (including phenoxy) is 1. The zero-order chi connectivity index (χ0) is 22.6. The molecule has 0 aliphatic carbocycles. The summed E-state index contributed by atoms with van der Waals surface area (Å²) in [6.45, 7) is 3.68. The molecule has 0 bridgehead atoms. The van der Waals surface area contributed by atoms with E-state index in [4.69, 9.17) is 4.74 Å². The second-order valence-electron chi connectivity index (χ2n) is 7.09. The first-order chi connectivity index (χ1) is 14.7. The van der Waals surface area contributed by atoms with E-state index < -0.39 is 22.9 Å². The van der Waals surface area contributed by atoms with Crippen LogP contribution >= 0.6 is 11.8 Å². The Hall–Kier alpha value is -2.94. The maximum absolute atomic E-state index is 13.3. The Morgan fingerprint density at radius 3 is 2.42 bits per heavy atom. The molecule has 1 heterocycles. The SMILES string of the molecule is COc1ccc(-n2ccnc2SC(C(=O)Nc2ccccc2C(F)(F)F)C(C)C)cc1. The average Bonchev–Trinajstić information content (AvgIpc) is 3.19. The molecule has 1 amide bonds. The second-order valence-corrected chi connectivity index (χ2v) is 8.20.